The molecule has 0 saturated carbocycles. The summed E-state index contributed by atoms with van der Waals surface area (Å²) in [5, 5.41) is 19.9. The molecule has 1 heterocycles. The minimum atomic E-state index is -1.31. The van der Waals surface area contributed by atoms with Gasteiger partial charge in [-0.25, -0.2) is 0 Å². The number of ether oxygens (including phenoxy) is 2. The van der Waals surface area contributed by atoms with E-state index in [0.29, 0.717) is 45.7 Å². The molecule has 4 atom stereocenters. The first kappa shape index (κ1) is 42.4. The van der Waals surface area contributed by atoms with E-state index in [1.54, 1.807) is 48.5 Å². The predicted molar refractivity (Wildman–Crippen MR) is 219 cm³/mol. The first-order valence-corrected chi connectivity index (χ1v) is 18.9. The average molecular weight is 788 g/mol. The molecule has 302 valence electrons. The van der Waals surface area contributed by atoms with Crippen molar-refractivity contribution in [2.24, 2.45) is 5.73 Å². The standard InChI is InChI=1S/C44H49N7O7/c1-26-8-11-29(12-9-26)30-13-15-31(16-14-30)41(53)49-35(7-6-20-45)44(56)51(3)39-32-17-19-38(58-5)34(25-32)33-23-28(10-18-37(33)57-4)24-36(42(54)47-22-21-46)50-40(52)27(2)48-43(39)55/h8-19,23,25,27,35-36,39H,6-7,20,22,24,45H2,1-5H3,(H,47,54)(H,48,55)(H,49,53)(H,50,52)/t27-,35-,36-,39-/m0/s1. The maximum atomic E-state index is 14.5. The van der Waals surface area contributed by atoms with Gasteiger partial charge in [-0.2, -0.15) is 5.26 Å². The average Bonchev–Trinajstić information content (AvgIpc) is 3.23. The van der Waals surface area contributed by atoms with E-state index in [4.69, 9.17) is 20.5 Å². The molecule has 58 heavy (non-hydrogen) atoms. The Labute approximate surface area is 338 Å². The molecule has 4 aromatic carbocycles. The Morgan fingerprint density at radius 2 is 1.52 bits per heavy atom. The van der Waals surface area contributed by atoms with Gasteiger partial charge in [0, 0.05) is 30.2 Å². The highest BCUT2D eigenvalue weighted by Gasteiger charge is 2.36. The van der Waals surface area contributed by atoms with Gasteiger partial charge < -0.3 is 41.4 Å². The number of benzene rings is 4. The topological polar surface area (TPSA) is 205 Å². The Bertz CT molecular complexity index is 2180. The monoisotopic (exact) mass is 787 g/mol. The van der Waals surface area contributed by atoms with Crippen LogP contribution in [0.4, 0.5) is 0 Å². The van der Waals surface area contributed by atoms with Crippen LogP contribution in [0.15, 0.2) is 84.9 Å². The molecule has 1 aliphatic heterocycles. The van der Waals surface area contributed by atoms with Crippen LogP contribution in [0.5, 0.6) is 11.5 Å². The highest BCUT2D eigenvalue weighted by atomic mass is 16.5. The fraction of sp³-hybridized carbons (Fsp3) is 0.318. The van der Waals surface area contributed by atoms with Crippen LogP contribution >= 0.6 is 0 Å². The van der Waals surface area contributed by atoms with Gasteiger partial charge in [0.25, 0.3) is 5.91 Å². The lowest BCUT2D eigenvalue weighted by Gasteiger charge is -2.32. The van der Waals surface area contributed by atoms with Crippen molar-refractivity contribution in [3.05, 3.63) is 107 Å². The van der Waals surface area contributed by atoms with E-state index >= 15 is 0 Å². The lowest BCUT2D eigenvalue weighted by Crippen LogP contribution is -2.56. The van der Waals surface area contributed by atoms with Gasteiger partial charge in [-0.05, 0) is 91.9 Å². The molecule has 0 fully saturated rings. The van der Waals surface area contributed by atoms with Crippen molar-refractivity contribution in [3.63, 3.8) is 0 Å². The second kappa shape index (κ2) is 19.4. The summed E-state index contributed by atoms with van der Waals surface area (Å²) in [6, 6.07) is 22.6. The first-order chi connectivity index (χ1) is 27.9. The zero-order chi connectivity index (χ0) is 41.9. The second-order valence-corrected chi connectivity index (χ2v) is 14.1. The quantitative estimate of drug-likeness (QED) is 0.133. The van der Waals surface area contributed by atoms with Gasteiger partial charge >= 0.3 is 0 Å². The maximum Gasteiger partial charge on any atom is 0.251 e. The Kier molecular flexibility index (Phi) is 14.2. The number of nitriles is 1. The van der Waals surface area contributed by atoms with Crippen molar-refractivity contribution < 1.29 is 33.4 Å². The number of amides is 5. The molecule has 0 aromatic heterocycles. The molecule has 5 rings (SSSR count). The molecule has 0 saturated heterocycles. The van der Waals surface area contributed by atoms with Crippen LogP contribution in [0.2, 0.25) is 0 Å². The molecule has 4 aromatic rings. The Balaban J connectivity index is 1.53. The van der Waals surface area contributed by atoms with E-state index in [1.807, 2.05) is 49.4 Å². The van der Waals surface area contributed by atoms with Gasteiger partial charge in [-0.3, -0.25) is 24.0 Å². The fourth-order valence-corrected chi connectivity index (χ4v) is 6.85. The SMILES string of the molecule is COc1ccc2cc1-c1cc(ccc1OC)[C@H](N(C)C(=O)[C@H](CCCN)NC(=O)c1ccc(-c3ccc(C)cc3)cc1)C(=O)N[C@@H](C)C(=O)N[C@H](C(=O)NCC#N)C2. The minimum absolute atomic E-state index is 0.0509. The minimum Gasteiger partial charge on any atom is -0.496 e. The molecule has 0 unspecified atom stereocenters. The number of aryl methyl sites for hydroxylation is 1. The highest BCUT2D eigenvalue weighted by molar-refractivity contribution is 5.99. The Morgan fingerprint density at radius 3 is 2.14 bits per heavy atom. The third-order valence-electron chi connectivity index (χ3n) is 10.1. The number of carbonyl (C=O) groups excluding carboxylic acids is 5. The summed E-state index contributed by atoms with van der Waals surface area (Å²) in [5.74, 6) is -2.11. The summed E-state index contributed by atoms with van der Waals surface area (Å²) >= 11 is 0. The number of hydrogen-bond donors (Lipinski definition) is 5. The third kappa shape index (κ3) is 9.98. The van der Waals surface area contributed by atoms with Gasteiger partial charge in [-0.15, -0.1) is 0 Å². The van der Waals surface area contributed by atoms with E-state index in [0.717, 1.165) is 16.7 Å². The van der Waals surface area contributed by atoms with Crippen molar-refractivity contribution in [3.8, 4) is 39.8 Å². The number of hydrogen-bond acceptors (Lipinski definition) is 9. The molecule has 0 radical (unpaired) electrons. The molecular weight excluding hydrogens is 739 g/mol. The fourth-order valence-electron chi connectivity index (χ4n) is 6.85. The van der Waals surface area contributed by atoms with Gasteiger partial charge in [0.05, 0.1) is 20.3 Å². The zero-order valence-corrected chi connectivity index (χ0v) is 33.3. The Hall–Kier alpha value is -6.72. The largest absolute Gasteiger partial charge is 0.496 e. The summed E-state index contributed by atoms with van der Waals surface area (Å²) in [5.41, 5.74) is 11.4. The molecule has 0 spiro atoms. The van der Waals surface area contributed by atoms with E-state index in [2.05, 4.69) is 21.3 Å². The summed E-state index contributed by atoms with van der Waals surface area (Å²) < 4.78 is 11.5. The Morgan fingerprint density at radius 1 is 0.897 bits per heavy atom. The third-order valence-corrected chi connectivity index (χ3v) is 10.1. The zero-order valence-electron chi connectivity index (χ0n) is 33.3. The summed E-state index contributed by atoms with van der Waals surface area (Å²) in [4.78, 5) is 70.6. The summed E-state index contributed by atoms with van der Waals surface area (Å²) in [6.45, 7) is 3.45. The summed E-state index contributed by atoms with van der Waals surface area (Å²) in [7, 11) is 4.46. The molecule has 5 amide bonds. The molecule has 14 heteroatoms. The molecule has 6 N–H and O–H groups in total. The van der Waals surface area contributed by atoms with Crippen LogP contribution in [-0.4, -0.2) is 86.9 Å². The predicted octanol–water partition coefficient (Wildman–Crippen LogP) is 3.57. The van der Waals surface area contributed by atoms with Gasteiger partial charge in [-0.1, -0.05) is 54.1 Å². The molecule has 0 aliphatic carbocycles. The van der Waals surface area contributed by atoms with Crippen LogP contribution in [0, 0.1) is 18.3 Å². The van der Waals surface area contributed by atoms with Gasteiger partial charge in [0.15, 0.2) is 0 Å². The number of likely N-dealkylation sites (N-methyl/N-ethyl adjacent to an activating group) is 1. The normalized spacial score (nSPS) is 16.9. The van der Waals surface area contributed by atoms with Crippen molar-refractivity contribution >= 4 is 29.5 Å². The number of fused-ring (bicyclic) bond motifs is 5. The van der Waals surface area contributed by atoms with Crippen LogP contribution in [0.25, 0.3) is 22.3 Å². The number of nitrogens with two attached hydrogens (primary N) is 1. The number of methoxy groups -OCH3 is 2. The van der Waals surface area contributed by atoms with Crippen LogP contribution in [0.3, 0.4) is 0 Å². The molecule has 14 nitrogen and oxygen atoms in total. The van der Waals surface area contributed by atoms with Crippen LogP contribution < -0.4 is 36.5 Å². The van der Waals surface area contributed by atoms with Crippen molar-refractivity contribution in [1.29, 1.82) is 5.26 Å². The number of nitrogens with zero attached hydrogens (tertiary/aromatic N) is 2. The lowest BCUT2D eigenvalue weighted by molar-refractivity contribution is -0.141. The highest BCUT2D eigenvalue weighted by Crippen LogP contribution is 2.40. The van der Waals surface area contributed by atoms with Gasteiger partial charge in [0.1, 0.15) is 42.2 Å². The van der Waals surface area contributed by atoms with Crippen LogP contribution in [0.1, 0.15) is 52.9 Å². The lowest BCUT2D eigenvalue weighted by atomic mass is 9.93. The van der Waals surface area contributed by atoms with E-state index in [-0.39, 0.29) is 25.9 Å². The van der Waals surface area contributed by atoms with E-state index < -0.39 is 53.7 Å². The number of nitrogens with one attached hydrogen (secondary N) is 4. The first-order valence-electron chi connectivity index (χ1n) is 18.9. The molecule has 1 aliphatic rings. The van der Waals surface area contributed by atoms with Gasteiger partial charge in [0.2, 0.25) is 23.6 Å². The number of carbonyl (C=O) groups is 5. The summed E-state index contributed by atoms with van der Waals surface area (Å²) in [6.07, 6.45) is 0.638. The molecule has 4 bridgehead atoms. The van der Waals surface area contributed by atoms with Crippen molar-refractivity contribution in [2.45, 2.75) is 57.3 Å². The van der Waals surface area contributed by atoms with Crippen molar-refractivity contribution in [2.75, 3.05) is 34.4 Å². The smallest absolute Gasteiger partial charge is 0.251 e. The van der Waals surface area contributed by atoms with Crippen molar-refractivity contribution in [1.82, 2.24) is 26.2 Å². The number of rotatable bonds is 12. The van der Waals surface area contributed by atoms with Crippen LogP contribution in [-0.2, 0) is 25.6 Å². The van der Waals surface area contributed by atoms with E-state index in [1.165, 1.54) is 33.1 Å². The van der Waals surface area contributed by atoms with E-state index in [9.17, 15) is 24.0 Å². The molecular formula is C44H49N7O7. The maximum absolute atomic E-state index is 14.5. The second-order valence-electron chi connectivity index (χ2n) is 14.1.